The van der Waals surface area contributed by atoms with E-state index >= 15 is 0 Å². The quantitative estimate of drug-likeness (QED) is 0.653. The number of piperazine rings is 1. The Bertz CT molecular complexity index is 896. The van der Waals surface area contributed by atoms with Crippen molar-refractivity contribution in [2.45, 2.75) is 32.4 Å². The molecule has 0 amide bonds. The van der Waals surface area contributed by atoms with Gasteiger partial charge in [-0.15, -0.1) is 0 Å². The molecule has 0 N–H and O–H groups in total. The third-order valence-corrected chi connectivity index (χ3v) is 6.99. The predicted molar refractivity (Wildman–Crippen MR) is 129 cm³/mol. The summed E-state index contributed by atoms with van der Waals surface area (Å²) >= 11 is 0. The van der Waals surface area contributed by atoms with Crippen LogP contribution in [0.15, 0.2) is 36.4 Å². The van der Waals surface area contributed by atoms with Crippen LogP contribution in [0.4, 0.5) is 5.69 Å². The molecule has 0 spiro atoms. The molecule has 2 fully saturated rings. The number of likely N-dealkylation sites (tertiary alicyclic amines) is 1. The van der Waals surface area contributed by atoms with Crippen LogP contribution in [0.25, 0.3) is 0 Å². The van der Waals surface area contributed by atoms with Crippen LogP contribution in [0, 0.1) is 6.92 Å². The molecule has 0 aromatic heterocycles. The Hall–Kier alpha value is -2.44. The maximum Gasteiger partial charge on any atom is 0.142 e. The smallest absolute Gasteiger partial charge is 0.142 e. The van der Waals surface area contributed by atoms with E-state index in [-0.39, 0.29) is 0 Å². The number of ether oxygens (including phenoxy) is 3. The summed E-state index contributed by atoms with van der Waals surface area (Å²) < 4.78 is 16.8. The van der Waals surface area contributed by atoms with E-state index in [4.69, 9.17) is 14.2 Å². The van der Waals surface area contributed by atoms with E-state index in [0.717, 1.165) is 68.6 Å². The fourth-order valence-electron chi connectivity index (χ4n) is 5.29. The van der Waals surface area contributed by atoms with Crippen LogP contribution in [0.1, 0.15) is 24.0 Å². The highest BCUT2D eigenvalue weighted by atomic mass is 16.5. The Morgan fingerprint density at radius 2 is 1.59 bits per heavy atom. The second kappa shape index (κ2) is 10.5. The first-order chi connectivity index (χ1) is 15.6. The molecular formula is C26H37N3O3. The number of hydrogen-bond donors (Lipinski definition) is 0. The Morgan fingerprint density at radius 1 is 0.844 bits per heavy atom. The number of nitrogens with zero attached hydrogens (tertiary/aromatic N) is 3. The Balaban J connectivity index is 1.37. The van der Waals surface area contributed by atoms with Crippen molar-refractivity contribution in [3.8, 4) is 17.2 Å². The highest BCUT2D eigenvalue weighted by Crippen LogP contribution is 2.33. The van der Waals surface area contributed by atoms with E-state index in [2.05, 4.69) is 52.0 Å². The van der Waals surface area contributed by atoms with Crippen LogP contribution in [0.2, 0.25) is 0 Å². The molecule has 2 aromatic rings. The third-order valence-electron chi connectivity index (χ3n) is 6.99. The number of piperidine rings is 1. The van der Waals surface area contributed by atoms with Gasteiger partial charge in [-0.2, -0.15) is 0 Å². The largest absolute Gasteiger partial charge is 0.496 e. The average molecular weight is 440 g/mol. The van der Waals surface area contributed by atoms with E-state index in [1.165, 1.54) is 24.1 Å². The van der Waals surface area contributed by atoms with Gasteiger partial charge in [0.1, 0.15) is 17.2 Å². The number of hydrogen-bond acceptors (Lipinski definition) is 6. The first-order valence-corrected chi connectivity index (χ1v) is 11.7. The maximum atomic E-state index is 5.74. The lowest BCUT2D eigenvalue weighted by Gasteiger charge is -2.44. The molecule has 4 rings (SSSR count). The van der Waals surface area contributed by atoms with Crippen LogP contribution >= 0.6 is 0 Å². The standard InChI is InChI=1S/C26H37N3O3/c1-20-24(30-2)12-11-21(26(20)32-4)18-27-13-7-8-22(19-27)28-14-16-29(17-15-28)23-9-5-6-10-25(23)31-3/h5-6,9-12,22H,7-8,13-19H2,1-4H3/t22-/m1/s1. The van der Waals surface area contributed by atoms with Gasteiger partial charge < -0.3 is 19.1 Å². The van der Waals surface area contributed by atoms with Gasteiger partial charge in [0, 0.05) is 56.4 Å². The molecule has 6 heteroatoms. The van der Waals surface area contributed by atoms with Crippen molar-refractivity contribution in [2.24, 2.45) is 0 Å². The van der Waals surface area contributed by atoms with Gasteiger partial charge in [-0.1, -0.05) is 18.2 Å². The second-order valence-electron chi connectivity index (χ2n) is 8.81. The van der Waals surface area contributed by atoms with Crippen LogP contribution in [-0.4, -0.2) is 76.4 Å². The molecule has 2 saturated heterocycles. The number of methoxy groups -OCH3 is 3. The fraction of sp³-hybridized carbons (Fsp3) is 0.538. The summed E-state index contributed by atoms with van der Waals surface area (Å²) in [6.45, 7) is 9.54. The van der Waals surface area contributed by atoms with Gasteiger partial charge >= 0.3 is 0 Å². The highest BCUT2D eigenvalue weighted by Gasteiger charge is 2.29. The number of para-hydroxylation sites is 2. The lowest BCUT2D eigenvalue weighted by molar-refractivity contribution is 0.0882. The summed E-state index contributed by atoms with van der Waals surface area (Å²) in [5, 5.41) is 0. The van der Waals surface area contributed by atoms with Gasteiger partial charge in [-0.3, -0.25) is 9.80 Å². The topological polar surface area (TPSA) is 37.4 Å². The predicted octanol–water partition coefficient (Wildman–Crippen LogP) is 3.81. The van der Waals surface area contributed by atoms with Crippen molar-refractivity contribution in [2.75, 3.05) is 65.5 Å². The molecule has 2 heterocycles. The van der Waals surface area contributed by atoms with Crippen LogP contribution in [0.5, 0.6) is 17.2 Å². The van der Waals surface area contributed by atoms with Gasteiger partial charge in [-0.05, 0) is 44.5 Å². The summed E-state index contributed by atoms with van der Waals surface area (Å²) in [5.41, 5.74) is 3.53. The zero-order valence-corrected chi connectivity index (χ0v) is 20.0. The van der Waals surface area contributed by atoms with Gasteiger partial charge in [-0.25, -0.2) is 0 Å². The molecular weight excluding hydrogens is 402 g/mol. The minimum atomic E-state index is 0.619. The van der Waals surface area contributed by atoms with Crippen LogP contribution < -0.4 is 19.1 Å². The summed E-state index contributed by atoms with van der Waals surface area (Å²) in [5.74, 6) is 2.81. The van der Waals surface area contributed by atoms with Crippen molar-refractivity contribution >= 4 is 5.69 Å². The molecule has 0 saturated carbocycles. The van der Waals surface area contributed by atoms with Gasteiger partial charge in [0.05, 0.1) is 27.0 Å². The fourth-order valence-corrected chi connectivity index (χ4v) is 5.29. The maximum absolute atomic E-state index is 5.74. The van der Waals surface area contributed by atoms with Crippen molar-refractivity contribution in [1.82, 2.24) is 9.80 Å². The monoisotopic (exact) mass is 439 g/mol. The zero-order valence-electron chi connectivity index (χ0n) is 20.0. The molecule has 2 aromatic carbocycles. The molecule has 6 nitrogen and oxygen atoms in total. The van der Waals surface area contributed by atoms with Gasteiger partial charge in [0.25, 0.3) is 0 Å². The van der Waals surface area contributed by atoms with E-state index in [0.29, 0.717) is 6.04 Å². The van der Waals surface area contributed by atoms with E-state index in [1.54, 1.807) is 21.3 Å². The summed E-state index contributed by atoms with van der Waals surface area (Å²) in [7, 11) is 5.22. The van der Waals surface area contributed by atoms with Gasteiger partial charge in [0.15, 0.2) is 0 Å². The summed E-state index contributed by atoms with van der Waals surface area (Å²) in [6, 6.07) is 13.2. The van der Waals surface area contributed by atoms with Crippen molar-refractivity contribution in [3.05, 3.63) is 47.5 Å². The van der Waals surface area contributed by atoms with E-state index in [9.17, 15) is 0 Å². The van der Waals surface area contributed by atoms with Crippen LogP contribution in [-0.2, 0) is 6.54 Å². The summed E-state index contributed by atoms with van der Waals surface area (Å²) in [6.07, 6.45) is 2.53. The Morgan fingerprint density at radius 3 is 2.31 bits per heavy atom. The lowest BCUT2D eigenvalue weighted by atomic mass is 10.0. The highest BCUT2D eigenvalue weighted by molar-refractivity contribution is 5.58. The molecule has 174 valence electrons. The average Bonchev–Trinajstić information content (AvgIpc) is 2.84. The lowest BCUT2D eigenvalue weighted by Crippen LogP contribution is -2.55. The Kier molecular flexibility index (Phi) is 7.43. The number of anilines is 1. The molecule has 32 heavy (non-hydrogen) atoms. The first kappa shape index (κ1) is 22.7. The number of rotatable bonds is 7. The second-order valence-corrected chi connectivity index (χ2v) is 8.81. The number of benzene rings is 2. The first-order valence-electron chi connectivity index (χ1n) is 11.7. The molecule has 0 radical (unpaired) electrons. The Labute approximate surface area is 192 Å². The molecule has 2 aliphatic heterocycles. The van der Waals surface area contributed by atoms with Crippen molar-refractivity contribution in [3.63, 3.8) is 0 Å². The molecule has 0 unspecified atom stereocenters. The van der Waals surface area contributed by atoms with Crippen molar-refractivity contribution in [1.29, 1.82) is 0 Å². The van der Waals surface area contributed by atoms with Crippen LogP contribution in [0.3, 0.4) is 0 Å². The third kappa shape index (κ3) is 4.81. The SMILES string of the molecule is COc1ccccc1N1CCN([C@@H]2CCCN(Cc3ccc(OC)c(C)c3OC)C2)CC1. The van der Waals surface area contributed by atoms with Crippen molar-refractivity contribution < 1.29 is 14.2 Å². The summed E-state index contributed by atoms with van der Waals surface area (Å²) in [4.78, 5) is 7.74. The minimum Gasteiger partial charge on any atom is -0.496 e. The van der Waals surface area contributed by atoms with Gasteiger partial charge in [0.2, 0.25) is 0 Å². The molecule has 1 atom stereocenters. The molecule has 2 aliphatic rings. The van der Waals surface area contributed by atoms with E-state index < -0.39 is 0 Å². The minimum absolute atomic E-state index is 0.619. The normalized spacial score (nSPS) is 20.2. The zero-order chi connectivity index (χ0) is 22.5. The molecule has 0 aliphatic carbocycles. The van der Waals surface area contributed by atoms with E-state index in [1.807, 2.05) is 6.07 Å². The molecule has 0 bridgehead atoms.